The predicted molar refractivity (Wildman–Crippen MR) is 55.3 cm³/mol. The highest BCUT2D eigenvalue weighted by molar-refractivity contribution is 5.66. The molecule has 1 aliphatic rings. The van der Waals surface area contributed by atoms with Crippen molar-refractivity contribution in [2.24, 2.45) is 0 Å². The number of hydrogen-bond donors (Lipinski definition) is 0. The van der Waals surface area contributed by atoms with Crippen LogP contribution >= 0.6 is 0 Å². The van der Waals surface area contributed by atoms with Crippen LogP contribution in [0.3, 0.4) is 0 Å². The molecule has 1 saturated heterocycles. The lowest BCUT2D eigenvalue weighted by Crippen LogP contribution is -2.15. The molecule has 1 aliphatic heterocycles. The molecule has 0 amide bonds. The maximum Gasteiger partial charge on any atom is 0.302 e. The minimum Gasteiger partial charge on any atom is -0.460 e. The zero-order valence-electron chi connectivity index (χ0n) is 8.98. The van der Waals surface area contributed by atoms with E-state index in [1.165, 1.54) is 19.1 Å². The molecule has 1 fully saturated rings. The van der Waals surface area contributed by atoms with Gasteiger partial charge in [0, 0.05) is 13.3 Å². The van der Waals surface area contributed by atoms with Crippen LogP contribution in [0.15, 0.2) is 24.3 Å². The van der Waals surface area contributed by atoms with Gasteiger partial charge in [-0.25, -0.2) is 4.39 Å². The maximum absolute atomic E-state index is 12.7. The largest absolute Gasteiger partial charge is 0.460 e. The first-order valence-corrected chi connectivity index (χ1v) is 5.19. The van der Waals surface area contributed by atoms with Crippen LogP contribution in [-0.2, 0) is 14.3 Å². The first-order chi connectivity index (χ1) is 7.65. The molecule has 0 N–H and O–H groups in total. The molecular weight excluding hydrogens is 211 g/mol. The summed E-state index contributed by atoms with van der Waals surface area (Å²) in [4.78, 5) is 10.8. The third-order valence-electron chi connectivity index (χ3n) is 2.53. The van der Waals surface area contributed by atoms with Gasteiger partial charge in [-0.3, -0.25) is 4.79 Å². The number of ether oxygens (including phenoxy) is 2. The highest BCUT2D eigenvalue weighted by Gasteiger charge is 2.28. The molecule has 2 atom stereocenters. The van der Waals surface area contributed by atoms with Gasteiger partial charge >= 0.3 is 5.97 Å². The van der Waals surface area contributed by atoms with Crippen LogP contribution in [0.5, 0.6) is 0 Å². The first kappa shape index (κ1) is 11.1. The fraction of sp³-hybridized carbons (Fsp3) is 0.417. The van der Waals surface area contributed by atoms with Crippen LogP contribution in [0, 0.1) is 5.82 Å². The number of benzene rings is 1. The molecule has 0 aliphatic carbocycles. The molecule has 3 nitrogen and oxygen atoms in total. The molecule has 0 spiro atoms. The Kier molecular flexibility index (Phi) is 3.19. The Balaban J connectivity index is 1.98. The molecule has 86 valence electrons. The molecule has 0 bridgehead atoms. The van der Waals surface area contributed by atoms with E-state index in [-0.39, 0.29) is 24.0 Å². The smallest absolute Gasteiger partial charge is 0.302 e. The van der Waals surface area contributed by atoms with Crippen molar-refractivity contribution < 1.29 is 18.7 Å². The lowest BCUT2D eigenvalue weighted by Gasteiger charge is -2.09. The van der Waals surface area contributed by atoms with Gasteiger partial charge in [0.2, 0.25) is 0 Å². The molecule has 0 radical (unpaired) electrons. The fourth-order valence-electron chi connectivity index (χ4n) is 1.82. The predicted octanol–water partition coefficient (Wildman–Crippen LogP) is 2.22. The number of rotatable bonds is 2. The van der Waals surface area contributed by atoms with Gasteiger partial charge in [-0.1, -0.05) is 12.1 Å². The van der Waals surface area contributed by atoms with Crippen LogP contribution in [-0.4, -0.2) is 18.7 Å². The van der Waals surface area contributed by atoms with E-state index in [1.807, 2.05) is 0 Å². The standard InChI is InChI=1S/C12H13FO3/c1-8(14)16-11-6-12(15-7-11)9-2-4-10(13)5-3-9/h2-5,11-12H,6-7H2,1H3/t11-,12+/m1/s1. The highest BCUT2D eigenvalue weighted by Crippen LogP contribution is 2.30. The average molecular weight is 224 g/mol. The summed E-state index contributed by atoms with van der Waals surface area (Å²) in [5.41, 5.74) is 0.913. The molecule has 0 unspecified atom stereocenters. The van der Waals surface area contributed by atoms with E-state index < -0.39 is 0 Å². The van der Waals surface area contributed by atoms with E-state index in [2.05, 4.69) is 0 Å². The SMILES string of the molecule is CC(=O)O[C@H]1CO[C@H](c2ccc(F)cc2)C1. The summed E-state index contributed by atoms with van der Waals surface area (Å²) in [5, 5.41) is 0. The molecule has 1 aromatic carbocycles. The first-order valence-electron chi connectivity index (χ1n) is 5.19. The van der Waals surface area contributed by atoms with Crippen molar-refractivity contribution in [2.75, 3.05) is 6.61 Å². The van der Waals surface area contributed by atoms with Gasteiger partial charge in [0.25, 0.3) is 0 Å². The summed E-state index contributed by atoms with van der Waals surface area (Å²) in [7, 11) is 0. The van der Waals surface area contributed by atoms with Gasteiger partial charge in [-0.15, -0.1) is 0 Å². The van der Waals surface area contributed by atoms with Gasteiger partial charge in [0.15, 0.2) is 0 Å². The Hall–Kier alpha value is -1.42. The lowest BCUT2D eigenvalue weighted by atomic mass is 10.1. The van der Waals surface area contributed by atoms with Crippen LogP contribution < -0.4 is 0 Å². The van der Waals surface area contributed by atoms with E-state index in [0.29, 0.717) is 13.0 Å². The Bertz CT molecular complexity index is 374. The molecule has 0 aromatic heterocycles. The third-order valence-corrected chi connectivity index (χ3v) is 2.53. The molecule has 16 heavy (non-hydrogen) atoms. The third kappa shape index (κ3) is 2.58. The van der Waals surface area contributed by atoms with Crippen molar-refractivity contribution in [2.45, 2.75) is 25.6 Å². The van der Waals surface area contributed by atoms with Gasteiger partial charge in [-0.2, -0.15) is 0 Å². The molecule has 0 saturated carbocycles. The van der Waals surface area contributed by atoms with Crippen LogP contribution in [0.1, 0.15) is 25.0 Å². The van der Waals surface area contributed by atoms with Gasteiger partial charge < -0.3 is 9.47 Å². The summed E-state index contributed by atoms with van der Waals surface area (Å²) < 4.78 is 23.3. The number of esters is 1. The van der Waals surface area contributed by atoms with Crippen molar-refractivity contribution in [3.8, 4) is 0 Å². The van der Waals surface area contributed by atoms with Gasteiger partial charge in [-0.05, 0) is 17.7 Å². The summed E-state index contributed by atoms with van der Waals surface area (Å²) in [6.07, 6.45) is 0.336. The summed E-state index contributed by atoms with van der Waals surface area (Å²) >= 11 is 0. The van der Waals surface area contributed by atoms with Crippen molar-refractivity contribution in [1.29, 1.82) is 0 Å². The summed E-state index contributed by atoms with van der Waals surface area (Å²) in [6, 6.07) is 6.18. The molecule has 1 heterocycles. The highest BCUT2D eigenvalue weighted by atomic mass is 19.1. The van der Waals surface area contributed by atoms with E-state index in [0.717, 1.165) is 5.56 Å². The average Bonchev–Trinajstić information content (AvgIpc) is 2.66. The number of hydrogen-bond acceptors (Lipinski definition) is 3. The molecule has 2 rings (SSSR count). The van der Waals surface area contributed by atoms with Crippen LogP contribution in [0.25, 0.3) is 0 Å². The summed E-state index contributed by atoms with van der Waals surface area (Å²) in [5.74, 6) is -0.563. The topological polar surface area (TPSA) is 35.5 Å². The second kappa shape index (κ2) is 4.61. The quantitative estimate of drug-likeness (QED) is 0.722. The lowest BCUT2D eigenvalue weighted by molar-refractivity contribution is -0.146. The van der Waals surface area contributed by atoms with E-state index >= 15 is 0 Å². The van der Waals surface area contributed by atoms with Crippen LogP contribution in [0.4, 0.5) is 4.39 Å². The molecule has 4 heteroatoms. The van der Waals surface area contributed by atoms with Crippen molar-refractivity contribution >= 4 is 5.97 Å². The molecular formula is C12H13FO3. The van der Waals surface area contributed by atoms with Crippen molar-refractivity contribution in [3.63, 3.8) is 0 Å². The second-order valence-corrected chi connectivity index (χ2v) is 3.84. The van der Waals surface area contributed by atoms with E-state index in [4.69, 9.17) is 9.47 Å². The Morgan fingerprint density at radius 2 is 2.12 bits per heavy atom. The van der Waals surface area contributed by atoms with Crippen molar-refractivity contribution in [1.82, 2.24) is 0 Å². The minimum absolute atomic E-state index is 0.107. The Morgan fingerprint density at radius 1 is 1.44 bits per heavy atom. The number of carbonyl (C=O) groups excluding carboxylic acids is 1. The summed E-state index contributed by atoms with van der Waals surface area (Å²) in [6.45, 7) is 1.78. The number of carbonyl (C=O) groups is 1. The molecule has 1 aromatic rings. The van der Waals surface area contributed by atoms with E-state index in [1.54, 1.807) is 12.1 Å². The monoisotopic (exact) mass is 224 g/mol. The minimum atomic E-state index is -0.298. The van der Waals surface area contributed by atoms with Gasteiger partial charge in [0.05, 0.1) is 12.7 Å². The maximum atomic E-state index is 12.7. The Labute approximate surface area is 93.2 Å². The zero-order valence-corrected chi connectivity index (χ0v) is 8.98. The zero-order chi connectivity index (χ0) is 11.5. The van der Waals surface area contributed by atoms with Crippen molar-refractivity contribution in [3.05, 3.63) is 35.6 Å². The fourth-order valence-corrected chi connectivity index (χ4v) is 1.82. The van der Waals surface area contributed by atoms with Gasteiger partial charge in [0.1, 0.15) is 11.9 Å². The second-order valence-electron chi connectivity index (χ2n) is 3.84. The number of halogens is 1. The van der Waals surface area contributed by atoms with E-state index in [9.17, 15) is 9.18 Å². The van der Waals surface area contributed by atoms with Crippen LogP contribution in [0.2, 0.25) is 0 Å². The normalized spacial score (nSPS) is 24.4. The Morgan fingerprint density at radius 3 is 2.75 bits per heavy atom.